The van der Waals surface area contributed by atoms with E-state index in [1.54, 1.807) is 12.0 Å². The summed E-state index contributed by atoms with van der Waals surface area (Å²) in [6, 6.07) is 7.38. The lowest BCUT2D eigenvalue weighted by Crippen LogP contribution is -2.41. The van der Waals surface area contributed by atoms with Gasteiger partial charge in [0.25, 0.3) is 5.91 Å². The summed E-state index contributed by atoms with van der Waals surface area (Å²) < 4.78 is 11.0. The van der Waals surface area contributed by atoms with Crippen LogP contribution in [-0.2, 0) is 4.79 Å². The maximum atomic E-state index is 12.3. The lowest BCUT2D eigenvalue weighted by Gasteiger charge is -2.25. The molecule has 0 fully saturated rings. The van der Waals surface area contributed by atoms with E-state index in [0.29, 0.717) is 31.0 Å². The first-order chi connectivity index (χ1) is 9.17. The van der Waals surface area contributed by atoms with Crippen LogP contribution in [0.2, 0.25) is 0 Å². The van der Waals surface area contributed by atoms with Gasteiger partial charge < -0.3 is 14.4 Å². The molecule has 4 heteroatoms. The molecule has 0 spiro atoms. The van der Waals surface area contributed by atoms with Gasteiger partial charge in [-0.2, -0.15) is 0 Å². The first-order valence-electron chi connectivity index (χ1n) is 6.76. The molecule has 1 atom stereocenters. The van der Waals surface area contributed by atoms with Gasteiger partial charge in [0.2, 0.25) is 0 Å². The Bertz CT molecular complexity index is 402. The van der Waals surface area contributed by atoms with Crippen molar-refractivity contribution in [3.63, 3.8) is 0 Å². The van der Waals surface area contributed by atoms with Crippen molar-refractivity contribution in [2.45, 2.75) is 33.3 Å². The molecule has 0 unspecified atom stereocenters. The minimum atomic E-state index is -0.462. The van der Waals surface area contributed by atoms with E-state index in [9.17, 15) is 4.79 Å². The van der Waals surface area contributed by atoms with Crippen LogP contribution in [0.3, 0.4) is 0 Å². The zero-order valence-corrected chi connectivity index (χ0v) is 12.2. The number of hydrogen-bond donors (Lipinski definition) is 0. The Labute approximate surface area is 115 Å². The number of amides is 1. The molecule has 0 heterocycles. The molecule has 0 aromatic heterocycles. The van der Waals surface area contributed by atoms with Crippen molar-refractivity contribution >= 4 is 5.91 Å². The molecule has 0 radical (unpaired) electrons. The number of likely N-dealkylation sites (N-methyl/N-ethyl adjacent to an activating group) is 1. The minimum Gasteiger partial charge on any atom is -0.493 e. The van der Waals surface area contributed by atoms with Crippen LogP contribution in [0.25, 0.3) is 0 Å². The molecule has 0 bridgehead atoms. The predicted octanol–water partition coefficient (Wildman–Crippen LogP) is 2.72. The second-order valence-corrected chi connectivity index (χ2v) is 4.18. The Balaban J connectivity index is 2.84. The van der Waals surface area contributed by atoms with E-state index in [-0.39, 0.29) is 5.91 Å². The van der Waals surface area contributed by atoms with Crippen molar-refractivity contribution in [1.82, 2.24) is 4.90 Å². The molecular weight excluding hydrogens is 242 g/mol. The van der Waals surface area contributed by atoms with Crippen LogP contribution in [0.5, 0.6) is 11.5 Å². The summed E-state index contributed by atoms with van der Waals surface area (Å²) in [6.45, 7) is 7.28. The lowest BCUT2D eigenvalue weighted by atomic mass is 10.2. The zero-order valence-electron chi connectivity index (χ0n) is 12.2. The van der Waals surface area contributed by atoms with Crippen molar-refractivity contribution in [2.75, 3.05) is 20.2 Å². The third kappa shape index (κ3) is 3.88. The molecule has 1 aromatic carbocycles. The summed E-state index contributed by atoms with van der Waals surface area (Å²) in [7, 11) is 1.59. The summed E-state index contributed by atoms with van der Waals surface area (Å²) >= 11 is 0. The van der Waals surface area contributed by atoms with E-state index < -0.39 is 6.10 Å². The van der Waals surface area contributed by atoms with Gasteiger partial charge >= 0.3 is 0 Å². The molecule has 1 amide bonds. The van der Waals surface area contributed by atoms with E-state index >= 15 is 0 Å². The predicted molar refractivity (Wildman–Crippen MR) is 75.6 cm³/mol. The zero-order chi connectivity index (χ0) is 14.3. The van der Waals surface area contributed by atoms with Crippen molar-refractivity contribution in [2.24, 2.45) is 0 Å². The van der Waals surface area contributed by atoms with E-state index in [0.717, 1.165) is 0 Å². The van der Waals surface area contributed by atoms with Crippen LogP contribution >= 0.6 is 0 Å². The molecule has 4 nitrogen and oxygen atoms in total. The number of rotatable bonds is 7. The number of methoxy groups -OCH3 is 1. The molecule has 1 rings (SSSR count). The third-order valence-electron chi connectivity index (χ3n) is 3.06. The molecule has 1 aromatic rings. The van der Waals surface area contributed by atoms with Crippen molar-refractivity contribution in [3.05, 3.63) is 24.3 Å². The molecule has 0 N–H and O–H groups in total. The molecule has 19 heavy (non-hydrogen) atoms. The summed E-state index contributed by atoms with van der Waals surface area (Å²) in [5.41, 5.74) is 0. The van der Waals surface area contributed by atoms with Crippen molar-refractivity contribution < 1.29 is 14.3 Å². The first-order valence-corrected chi connectivity index (χ1v) is 6.76. The molecular formula is C15H23NO3. The SMILES string of the molecule is CC[C@H](Oc1ccccc1OC)C(=O)N(CC)CC. The van der Waals surface area contributed by atoms with E-state index in [1.807, 2.05) is 45.0 Å². The van der Waals surface area contributed by atoms with Gasteiger partial charge in [-0.05, 0) is 32.4 Å². The second kappa shape index (κ2) is 7.67. The van der Waals surface area contributed by atoms with Gasteiger partial charge in [0, 0.05) is 13.1 Å². The van der Waals surface area contributed by atoms with Gasteiger partial charge in [-0.25, -0.2) is 0 Å². The van der Waals surface area contributed by atoms with E-state index in [2.05, 4.69) is 0 Å². The quantitative estimate of drug-likeness (QED) is 0.761. The lowest BCUT2D eigenvalue weighted by molar-refractivity contribution is -0.138. The number of benzene rings is 1. The molecule has 0 aliphatic heterocycles. The molecule has 0 saturated carbocycles. The second-order valence-electron chi connectivity index (χ2n) is 4.18. The van der Waals surface area contributed by atoms with Crippen LogP contribution in [0, 0.1) is 0 Å². The maximum absolute atomic E-state index is 12.3. The number of hydrogen-bond acceptors (Lipinski definition) is 3. The van der Waals surface area contributed by atoms with Gasteiger partial charge in [-0.1, -0.05) is 19.1 Å². The fourth-order valence-corrected chi connectivity index (χ4v) is 1.92. The highest BCUT2D eigenvalue weighted by atomic mass is 16.5. The van der Waals surface area contributed by atoms with Gasteiger partial charge in [0.05, 0.1) is 7.11 Å². The van der Waals surface area contributed by atoms with Crippen molar-refractivity contribution in [3.8, 4) is 11.5 Å². The third-order valence-corrected chi connectivity index (χ3v) is 3.06. The Morgan fingerprint density at radius 2 is 1.74 bits per heavy atom. The highest BCUT2D eigenvalue weighted by Crippen LogP contribution is 2.27. The first kappa shape index (κ1) is 15.3. The average Bonchev–Trinajstić information content (AvgIpc) is 2.46. The summed E-state index contributed by atoms with van der Waals surface area (Å²) in [5, 5.41) is 0. The summed E-state index contributed by atoms with van der Waals surface area (Å²) in [6.07, 6.45) is 0.170. The molecule has 106 valence electrons. The Hall–Kier alpha value is -1.71. The fourth-order valence-electron chi connectivity index (χ4n) is 1.92. The van der Waals surface area contributed by atoms with E-state index in [4.69, 9.17) is 9.47 Å². The van der Waals surface area contributed by atoms with Crippen LogP contribution in [0.1, 0.15) is 27.2 Å². The Morgan fingerprint density at radius 1 is 1.16 bits per heavy atom. The largest absolute Gasteiger partial charge is 0.493 e. The maximum Gasteiger partial charge on any atom is 0.263 e. The van der Waals surface area contributed by atoms with E-state index in [1.165, 1.54) is 0 Å². The molecule has 0 saturated heterocycles. The highest BCUT2D eigenvalue weighted by molar-refractivity contribution is 5.81. The smallest absolute Gasteiger partial charge is 0.263 e. The molecule has 0 aliphatic carbocycles. The topological polar surface area (TPSA) is 38.8 Å². The normalized spacial score (nSPS) is 11.8. The molecule has 0 aliphatic rings. The monoisotopic (exact) mass is 265 g/mol. The highest BCUT2D eigenvalue weighted by Gasteiger charge is 2.23. The summed E-state index contributed by atoms with van der Waals surface area (Å²) in [5.74, 6) is 1.28. The van der Waals surface area contributed by atoms with Crippen LogP contribution in [0.4, 0.5) is 0 Å². The Kier molecular flexibility index (Phi) is 6.19. The average molecular weight is 265 g/mol. The standard InChI is InChI=1S/C15H23NO3/c1-5-12(15(17)16(6-2)7-3)19-14-11-9-8-10-13(14)18-4/h8-12H,5-7H2,1-4H3/t12-/m0/s1. The van der Waals surface area contributed by atoms with Crippen molar-refractivity contribution in [1.29, 1.82) is 0 Å². The van der Waals surface area contributed by atoms with Crippen LogP contribution < -0.4 is 9.47 Å². The number of nitrogens with zero attached hydrogens (tertiary/aromatic N) is 1. The minimum absolute atomic E-state index is 0.0263. The number of carbonyl (C=O) groups excluding carboxylic acids is 1. The van der Waals surface area contributed by atoms with Gasteiger partial charge in [-0.3, -0.25) is 4.79 Å². The number of para-hydroxylation sites is 2. The van der Waals surface area contributed by atoms with Gasteiger partial charge in [0.1, 0.15) is 0 Å². The Morgan fingerprint density at radius 3 is 2.21 bits per heavy atom. The number of ether oxygens (including phenoxy) is 2. The van der Waals surface area contributed by atoms with Crippen LogP contribution in [-0.4, -0.2) is 37.1 Å². The fraction of sp³-hybridized carbons (Fsp3) is 0.533. The van der Waals surface area contributed by atoms with Gasteiger partial charge in [-0.15, -0.1) is 0 Å². The van der Waals surface area contributed by atoms with Crippen LogP contribution in [0.15, 0.2) is 24.3 Å². The summed E-state index contributed by atoms with van der Waals surface area (Å²) in [4.78, 5) is 14.1. The van der Waals surface area contributed by atoms with Gasteiger partial charge in [0.15, 0.2) is 17.6 Å². The number of carbonyl (C=O) groups is 1.